The van der Waals surface area contributed by atoms with Crippen molar-refractivity contribution in [3.63, 3.8) is 0 Å². The number of nitrogens with zero attached hydrogens (tertiary/aromatic N) is 2. The number of aromatic nitrogens is 2. The summed E-state index contributed by atoms with van der Waals surface area (Å²) < 4.78 is 11.0. The number of fused-ring (bicyclic) bond motifs is 1. The number of amides is 1. The summed E-state index contributed by atoms with van der Waals surface area (Å²) in [4.78, 5) is 14.7. The van der Waals surface area contributed by atoms with Gasteiger partial charge in [0.25, 0.3) is 5.91 Å². The number of rotatable bonds is 3. The van der Waals surface area contributed by atoms with Gasteiger partial charge in [0.05, 0.1) is 25.5 Å². The zero-order valence-electron chi connectivity index (χ0n) is 16.1. The molecular weight excluding hydrogens is 366 g/mol. The quantitative estimate of drug-likeness (QED) is 0.748. The Morgan fingerprint density at radius 2 is 1.76 bits per heavy atom. The maximum absolute atomic E-state index is 12.8. The van der Waals surface area contributed by atoms with Crippen LogP contribution in [-0.4, -0.2) is 53.5 Å². The number of hydrogen-bond donors (Lipinski definition) is 1. The van der Waals surface area contributed by atoms with E-state index >= 15 is 0 Å². The summed E-state index contributed by atoms with van der Waals surface area (Å²) in [5.41, 5.74) is 6.53. The molecule has 0 bridgehead atoms. The van der Waals surface area contributed by atoms with Crippen LogP contribution in [0.25, 0.3) is 22.4 Å². The first-order chi connectivity index (χ1) is 14.3. The molecule has 0 saturated carbocycles. The van der Waals surface area contributed by atoms with E-state index in [2.05, 4.69) is 46.6 Å². The molecule has 6 heteroatoms. The third-order valence-electron chi connectivity index (χ3n) is 5.60. The molecule has 6 nitrogen and oxygen atoms in total. The Morgan fingerprint density at radius 3 is 2.52 bits per heavy atom. The van der Waals surface area contributed by atoms with Crippen LogP contribution in [0.3, 0.4) is 0 Å². The highest BCUT2D eigenvalue weighted by atomic mass is 16.6. The standard InChI is InChI=1S/C23H23N3O3/c27-23(21-15-28-12-13-29-21)26-11-10-20-19(14-26)22(25-24-20)18-8-6-17(7-9-18)16-4-2-1-3-5-16/h1-9,21H,10-15H2,(H,24,25)/t21-/m1/s1. The van der Waals surface area contributed by atoms with Crippen molar-refractivity contribution in [2.75, 3.05) is 26.4 Å². The first-order valence-electron chi connectivity index (χ1n) is 10.00. The Bertz CT molecular complexity index is 992. The highest BCUT2D eigenvalue weighted by molar-refractivity contribution is 5.82. The molecule has 1 aromatic heterocycles. The lowest BCUT2D eigenvalue weighted by molar-refractivity contribution is -0.158. The van der Waals surface area contributed by atoms with Crippen molar-refractivity contribution in [2.24, 2.45) is 0 Å². The van der Waals surface area contributed by atoms with Crippen LogP contribution >= 0.6 is 0 Å². The highest BCUT2D eigenvalue weighted by Gasteiger charge is 2.31. The SMILES string of the molecule is O=C([C@H]1COCCO1)N1CCc2[nH]nc(-c3ccc(-c4ccccc4)cc3)c2C1. The van der Waals surface area contributed by atoms with Crippen LogP contribution in [0.2, 0.25) is 0 Å². The third kappa shape index (κ3) is 3.57. The van der Waals surface area contributed by atoms with Crippen molar-refractivity contribution in [3.8, 4) is 22.4 Å². The monoisotopic (exact) mass is 389 g/mol. The van der Waals surface area contributed by atoms with Gasteiger partial charge in [-0.2, -0.15) is 5.10 Å². The first kappa shape index (κ1) is 18.1. The molecule has 1 atom stereocenters. The topological polar surface area (TPSA) is 67.5 Å². The van der Waals surface area contributed by atoms with Crippen LogP contribution < -0.4 is 0 Å². The number of carbonyl (C=O) groups excluding carboxylic acids is 1. The number of carbonyl (C=O) groups is 1. The molecule has 29 heavy (non-hydrogen) atoms. The Balaban J connectivity index is 1.37. The second kappa shape index (κ2) is 7.81. The number of benzene rings is 2. The fraction of sp³-hybridized carbons (Fsp3) is 0.304. The molecule has 2 aliphatic heterocycles. The molecule has 0 unspecified atom stereocenters. The molecule has 1 saturated heterocycles. The van der Waals surface area contributed by atoms with Crippen molar-refractivity contribution in [3.05, 3.63) is 65.9 Å². The average molecular weight is 389 g/mol. The number of nitrogens with one attached hydrogen (secondary N) is 1. The predicted molar refractivity (Wildman–Crippen MR) is 109 cm³/mol. The maximum Gasteiger partial charge on any atom is 0.254 e. The van der Waals surface area contributed by atoms with Gasteiger partial charge in [-0.05, 0) is 11.1 Å². The summed E-state index contributed by atoms with van der Waals surface area (Å²) in [6, 6.07) is 18.7. The Hall–Kier alpha value is -2.96. The summed E-state index contributed by atoms with van der Waals surface area (Å²) in [5.74, 6) is 0.00178. The summed E-state index contributed by atoms with van der Waals surface area (Å²) >= 11 is 0. The molecule has 2 aromatic carbocycles. The molecule has 1 N–H and O–H groups in total. The number of H-pyrrole nitrogens is 1. The fourth-order valence-electron chi connectivity index (χ4n) is 4.01. The molecule has 5 rings (SSSR count). The van der Waals surface area contributed by atoms with Crippen LogP contribution in [0.1, 0.15) is 11.3 Å². The van der Waals surface area contributed by atoms with Crippen molar-refractivity contribution >= 4 is 5.91 Å². The van der Waals surface area contributed by atoms with E-state index < -0.39 is 6.10 Å². The lowest BCUT2D eigenvalue weighted by Gasteiger charge is -2.32. The minimum atomic E-state index is -0.495. The van der Waals surface area contributed by atoms with Crippen molar-refractivity contribution in [1.29, 1.82) is 0 Å². The van der Waals surface area contributed by atoms with E-state index in [1.165, 1.54) is 11.1 Å². The smallest absolute Gasteiger partial charge is 0.254 e. The molecule has 0 radical (unpaired) electrons. The van der Waals surface area contributed by atoms with E-state index in [0.29, 0.717) is 32.9 Å². The Morgan fingerprint density at radius 1 is 1.00 bits per heavy atom. The lowest BCUT2D eigenvalue weighted by atomic mass is 9.98. The molecule has 1 fully saturated rings. The van der Waals surface area contributed by atoms with Gasteiger partial charge in [0.15, 0.2) is 6.10 Å². The van der Waals surface area contributed by atoms with Gasteiger partial charge in [-0.25, -0.2) is 0 Å². The molecule has 148 valence electrons. The molecule has 2 aliphatic rings. The van der Waals surface area contributed by atoms with Gasteiger partial charge in [0.2, 0.25) is 0 Å². The second-order valence-electron chi connectivity index (χ2n) is 7.42. The van der Waals surface area contributed by atoms with Crippen LogP contribution in [0.4, 0.5) is 0 Å². The van der Waals surface area contributed by atoms with Gasteiger partial charge in [-0.3, -0.25) is 9.89 Å². The van der Waals surface area contributed by atoms with Crippen LogP contribution in [0.15, 0.2) is 54.6 Å². The minimum absolute atomic E-state index is 0.00178. The van der Waals surface area contributed by atoms with E-state index in [4.69, 9.17) is 9.47 Å². The van der Waals surface area contributed by atoms with Gasteiger partial charge in [0, 0.05) is 36.3 Å². The van der Waals surface area contributed by atoms with E-state index in [-0.39, 0.29) is 5.91 Å². The predicted octanol–water partition coefficient (Wildman–Crippen LogP) is 3.04. The first-order valence-corrected chi connectivity index (χ1v) is 10.00. The molecular formula is C23H23N3O3. The van der Waals surface area contributed by atoms with Gasteiger partial charge < -0.3 is 14.4 Å². The summed E-state index contributed by atoms with van der Waals surface area (Å²) in [5, 5.41) is 7.72. The zero-order valence-corrected chi connectivity index (χ0v) is 16.1. The second-order valence-corrected chi connectivity index (χ2v) is 7.42. The fourth-order valence-corrected chi connectivity index (χ4v) is 4.01. The van der Waals surface area contributed by atoms with Crippen LogP contribution in [0.5, 0.6) is 0 Å². The van der Waals surface area contributed by atoms with Gasteiger partial charge >= 0.3 is 0 Å². The van der Waals surface area contributed by atoms with E-state index in [1.54, 1.807) is 0 Å². The summed E-state index contributed by atoms with van der Waals surface area (Å²) in [6.45, 7) is 2.57. The third-order valence-corrected chi connectivity index (χ3v) is 5.60. The van der Waals surface area contributed by atoms with Crippen LogP contribution in [0, 0.1) is 0 Å². The maximum atomic E-state index is 12.8. The molecule has 3 aromatic rings. The number of hydrogen-bond acceptors (Lipinski definition) is 4. The highest BCUT2D eigenvalue weighted by Crippen LogP contribution is 2.30. The molecule has 0 spiro atoms. The van der Waals surface area contributed by atoms with Crippen molar-refractivity contribution < 1.29 is 14.3 Å². The van der Waals surface area contributed by atoms with E-state index in [0.717, 1.165) is 28.9 Å². The molecule has 3 heterocycles. The van der Waals surface area contributed by atoms with Gasteiger partial charge in [-0.1, -0.05) is 54.6 Å². The van der Waals surface area contributed by atoms with Gasteiger partial charge in [0.1, 0.15) is 0 Å². The molecule has 0 aliphatic carbocycles. The zero-order chi connectivity index (χ0) is 19.6. The Kier molecular flexibility index (Phi) is 4.87. The largest absolute Gasteiger partial charge is 0.376 e. The normalized spacial score (nSPS) is 19.0. The average Bonchev–Trinajstić information content (AvgIpc) is 3.23. The van der Waals surface area contributed by atoms with Crippen molar-refractivity contribution in [1.82, 2.24) is 15.1 Å². The van der Waals surface area contributed by atoms with Gasteiger partial charge in [-0.15, -0.1) is 0 Å². The van der Waals surface area contributed by atoms with Crippen LogP contribution in [-0.2, 0) is 27.2 Å². The number of aromatic amines is 1. The lowest BCUT2D eigenvalue weighted by Crippen LogP contribution is -2.47. The molecule has 1 amide bonds. The van der Waals surface area contributed by atoms with E-state index in [1.807, 2.05) is 23.1 Å². The Labute approximate surface area is 169 Å². The van der Waals surface area contributed by atoms with Crippen molar-refractivity contribution in [2.45, 2.75) is 19.1 Å². The summed E-state index contributed by atoms with van der Waals surface area (Å²) in [6.07, 6.45) is 0.273. The van der Waals surface area contributed by atoms with E-state index in [9.17, 15) is 4.79 Å². The number of ether oxygens (including phenoxy) is 2. The minimum Gasteiger partial charge on any atom is -0.376 e. The summed E-state index contributed by atoms with van der Waals surface area (Å²) in [7, 11) is 0.